The first kappa shape index (κ1) is 29.6. The first-order chi connectivity index (χ1) is 18.4. The van der Waals surface area contributed by atoms with Crippen molar-refractivity contribution in [2.45, 2.75) is 50.9 Å². The zero-order valence-corrected chi connectivity index (χ0v) is 22.9. The normalized spacial score (nSPS) is 21.5. The van der Waals surface area contributed by atoms with Crippen molar-refractivity contribution in [1.29, 1.82) is 0 Å². The summed E-state index contributed by atoms with van der Waals surface area (Å²) >= 11 is 6.11. The molecule has 3 heterocycles. The molecule has 1 aromatic carbocycles. The third-order valence-electron chi connectivity index (χ3n) is 7.19. The number of hydrogen-bond acceptors (Lipinski definition) is 7. The second-order valence-electron chi connectivity index (χ2n) is 10.0. The summed E-state index contributed by atoms with van der Waals surface area (Å²) in [7, 11) is 0. The number of hydrogen-bond donors (Lipinski definition) is 3. The molecule has 2 aromatic heterocycles. The van der Waals surface area contributed by atoms with Crippen molar-refractivity contribution in [2.75, 3.05) is 12.3 Å². The summed E-state index contributed by atoms with van der Waals surface area (Å²) in [6.07, 6.45) is -1.32. The monoisotopic (exact) mass is 598 g/mol. The number of benzene rings is 1. The predicted molar refractivity (Wildman–Crippen MR) is 145 cm³/mol. The molecule has 1 aliphatic carbocycles. The van der Waals surface area contributed by atoms with Gasteiger partial charge in [-0.3, -0.25) is 4.79 Å². The highest BCUT2D eigenvalue weighted by Gasteiger charge is 2.45. The molecule has 1 aliphatic heterocycles. The number of carboxylic acid groups (broad SMARTS) is 1. The number of aromatic nitrogens is 4. The molecule has 5 rings (SSSR count). The Bertz CT molecular complexity index is 1450. The van der Waals surface area contributed by atoms with Crippen LogP contribution in [0.15, 0.2) is 42.6 Å². The van der Waals surface area contributed by atoms with Crippen molar-refractivity contribution in [3.05, 3.63) is 64.6 Å². The van der Waals surface area contributed by atoms with E-state index in [1.54, 1.807) is 19.2 Å². The summed E-state index contributed by atoms with van der Waals surface area (Å²) in [5.74, 6) is -1.43. The number of aliphatic carboxylic acids is 1. The highest BCUT2D eigenvalue weighted by molar-refractivity contribution is 6.30. The van der Waals surface area contributed by atoms with Crippen LogP contribution >= 0.6 is 24.0 Å². The second-order valence-corrected chi connectivity index (χ2v) is 10.4. The molecule has 3 atom stereocenters. The summed E-state index contributed by atoms with van der Waals surface area (Å²) in [6.45, 7) is 2.31. The molecule has 0 bridgehead atoms. The van der Waals surface area contributed by atoms with Crippen LogP contribution in [0.4, 0.5) is 19.1 Å². The Morgan fingerprint density at radius 1 is 1.30 bits per heavy atom. The van der Waals surface area contributed by atoms with E-state index < -0.39 is 24.3 Å². The van der Waals surface area contributed by atoms with Gasteiger partial charge in [0, 0.05) is 29.4 Å². The zero-order chi connectivity index (χ0) is 27.9. The van der Waals surface area contributed by atoms with Gasteiger partial charge in [0.2, 0.25) is 17.9 Å². The fourth-order valence-electron chi connectivity index (χ4n) is 5.20. The maximum atomic E-state index is 14.4. The molecule has 1 unspecified atom stereocenters. The Balaban J connectivity index is 0.00000370. The third kappa shape index (κ3) is 6.18. The number of carboxylic acids is 1. The van der Waals surface area contributed by atoms with Gasteiger partial charge in [0.05, 0.1) is 17.1 Å². The van der Waals surface area contributed by atoms with Crippen molar-refractivity contribution in [1.82, 2.24) is 25.1 Å². The Morgan fingerprint density at radius 2 is 2.08 bits per heavy atom. The van der Waals surface area contributed by atoms with E-state index in [1.165, 1.54) is 28.9 Å². The van der Waals surface area contributed by atoms with Gasteiger partial charge in [-0.05, 0) is 61.8 Å². The van der Waals surface area contributed by atoms with Crippen molar-refractivity contribution in [3.63, 3.8) is 0 Å². The SMILES string of the molecule is Cc1ccn(-c2cc(Cl)ccc2C(Oc2cc(C3=CC[C@]4(CC3)CN[C@@H](C(=O)O)C4)nc(N)n2)C(F)(F)F)n1.Cl. The van der Waals surface area contributed by atoms with E-state index in [9.17, 15) is 23.1 Å². The summed E-state index contributed by atoms with van der Waals surface area (Å²) in [6, 6.07) is 6.42. The van der Waals surface area contributed by atoms with Crippen LogP contribution in [0.25, 0.3) is 11.3 Å². The van der Waals surface area contributed by atoms with Gasteiger partial charge < -0.3 is 20.9 Å². The molecule has 0 radical (unpaired) electrons. The Labute approximate surface area is 239 Å². The smallest absolute Gasteiger partial charge is 0.429 e. The number of rotatable bonds is 6. The van der Waals surface area contributed by atoms with Gasteiger partial charge >= 0.3 is 12.1 Å². The molecular formula is C26H27Cl2F3N6O3. The maximum absolute atomic E-state index is 14.4. The predicted octanol–water partition coefficient (Wildman–Crippen LogP) is 5.31. The van der Waals surface area contributed by atoms with Gasteiger partial charge in [-0.25, -0.2) is 9.67 Å². The lowest BCUT2D eigenvalue weighted by Crippen LogP contribution is -2.30. The lowest BCUT2D eigenvalue weighted by Gasteiger charge is -2.31. The van der Waals surface area contributed by atoms with Crippen molar-refractivity contribution < 1.29 is 27.8 Å². The fourth-order valence-corrected chi connectivity index (χ4v) is 5.36. The van der Waals surface area contributed by atoms with Crippen molar-refractivity contribution in [2.24, 2.45) is 5.41 Å². The van der Waals surface area contributed by atoms with Crippen LogP contribution in [-0.2, 0) is 4.79 Å². The first-order valence-electron chi connectivity index (χ1n) is 12.3. The molecule has 214 valence electrons. The topological polar surface area (TPSA) is 128 Å². The van der Waals surface area contributed by atoms with E-state index in [4.69, 9.17) is 22.1 Å². The number of allylic oxidation sites excluding steroid dienone is 2. The summed E-state index contributed by atoms with van der Waals surface area (Å²) in [5, 5.41) is 16.8. The van der Waals surface area contributed by atoms with Crippen LogP contribution in [0.2, 0.25) is 5.02 Å². The van der Waals surface area contributed by atoms with E-state index in [2.05, 4.69) is 20.4 Å². The van der Waals surface area contributed by atoms with E-state index >= 15 is 0 Å². The molecule has 3 aromatic rings. The average molecular weight is 599 g/mol. The zero-order valence-electron chi connectivity index (χ0n) is 21.3. The minimum absolute atomic E-state index is 0. The maximum Gasteiger partial charge on any atom is 0.429 e. The quantitative estimate of drug-likeness (QED) is 0.348. The molecule has 1 saturated heterocycles. The number of nitrogen functional groups attached to an aromatic ring is 1. The first-order valence-corrected chi connectivity index (χ1v) is 12.7. The van der Waals surface area contributed by atoms with E-state index in [-0.39, 0.29) is 45.9 Å². The molecule has 1 spiro atoms. The minimum atomic E-state index is -4.81. The number of ether oxygens (including phenoxy) is 1. The summed E-state index contributed by atoms with van der Waals surface area (Å²) < 4.78 is 49.9. The number of carbonyl (C=O) groups is 1. The third-order valence-corrected chi connectivity index (χ3v) is 7.43. The van der Waals surface area contributed by atoms with Gasteiger partial charge in [-0.15, -0.1) is 12.4 Å². The number of halogens is 5. The Hall–Kier alpha value is -3.35. The van der Waals surface area contributed by atoms with Crippen LogP contribution in [0.1, 0.15) is 48.7 Å². The van der Waals surface area contributed by atoms with Gasteiger partial charge in [-0.2, -0.15) is 23.3 Å². The van der Waals surface area contributed by atoms with E-state index in [0.29, 0.717) is 43.6 Å². The van der Waals surface area contributed by atoms with Crippen molar-refractivity contribution >= 4 is 41.5 Å². The lowest BCUT2D eigenvalue weighted by atomic mass is 9.73. The molecule has 0 saturated carbocycles. The van der Waals surface area contributed by atoms with Gasteiger partial charge in [0.15, 0.2) is 0 Å². The highest BCUT2D eigenvalue weighted by Crippen LogP contribution is 2.45. The van der Waals surface area contributed by atoms with Crippen LogP contribution in [0.5, 0.6) is 5.88 Å². The minimum Gasteiger partial charge on any atom is -0.480 e. The molecule has 9 nitrogen and oxygen atoms in total. The largest absolute Gasteiger partial charge is 0.480 e. The number of alkyl halides is 3. The number of anilines is 1. The van der Waals surface area contributed by atoms with Gasteiger partial charge in [-0.1, -0.05) is 23.7 Å². The lowest BCUT2D eigenvalue weighted by molar-refractivity contribution is -0.198. The number of aryl methyl sites for hydroxylation is 1. The number of nitrogens with one attached hydrogen (secondary N) is 1. The molecule has 14 heteroatoms. The van der Waals surface area contributed by atoms with Gasteiger partial charge in [0.1, 0.15) is 6.04 Å². The van der Waals surface area contributed by atoms with Crippen LogP contribution in [0.3, 0.4) is 0 Å². The van der Waals surface area contributed by atoms with Crippen LogP contribution in [-0.4, -0.2) is 49.6 Å². The van der Waals surface area contributed by atoms with Crippen molar-refractivity contribution in [3.8, 4) is 11.6 Å². The Kier molecular flexibility index (Phi) is 8.34. The van der Waals surface area contributed by atoms with Crippen LogP contribution < -0.4 is 15.8 Å². The molecule has 4 N–H and O–H groups in total. The summed E-state index contributed by atoms with van der Waals surface area (Å²) in [4.78, 5) is 19.5. The van der Waals surface area contributed by atoms with Gasteiger partial charge in [0.25, 0.3) is 0 Å². The number of nitrogens with two attached hydrogens (primary N) is 1. The number of nitrogens with zero attached hydrogens (tertiary/aromatic N) is 4. The second kappa shape index (κ2) is 11.3. The molecule has 0 amide bonds. The molecular weight excluding hydrogens is 572 g/mol. The average Bonchev–Trinajstić information content (AvgIpc) is 3.49. The van der Waals surface area contributed by atoms with E-state index in [0.717, 1.165) is 5.57 Å². The fraction of sp³-hybridized carbons (Fsp3) is 0.385. The molecule has 2 aliphatic rings. The highest BCUT2D eigenvalue weighted by atomic mass is 35.5. The molecule has 1 fully saturated rings. The summed E-state index contributed by atoms with van der Waals surface area (Å²) in [5.41, 5.74) is 7.40. The Morgan fingerprint density at radius 3 is 2.67 bits per heavy atom. The van der Waals surface area contributed by atoms with E-state index in [1.807, 2.05) is 6.08 Å². The standard InChI is InChI=1S/C26H26ClF3N6O3.ClH/c1-14-6-9-36(35-14)20-10-16(27)2-3-17(20)22(26(28,29)30)39-21-11-18(33-24(31)34-21)15-4-7-25(8-5-15)12-19(23(37)38)32-13-25;/h2-4,6,9-11,19,22,32H,5,7-8,12-13H2,1H3,(H,37,38)(H2,31,33,34);1H/t19-,22?,25-;/m1./s1. The van der Waals surface area contributed by atoms with Crippen LogP contribution in [0, 0.1) is 12.3 Å². The molecule has 40 heavy (non-hydrogen) atoms.